The van der Waals surface area contributed by atoms with Crippen molar-refractivity contribution in [2.45, 2.75) is 31.4 Å². The maximum atomic E-state index is 11.2. The molecule has 98 valence electrons. The zero-order valence-corrected chi connectivity index (χ0v) is 11.5. The molecule has 0 amide bonds. The van der Waals surface area contributed by atoms with Gasteiger partial charge in [-0.1, -0.05) is 6.92 Å². The zero-order valence-electron chi connectivity index (χ0n) is 10.7. The number of hydrogen-bond acceptors (Lipinski definition) is 4. The molecule has 0 aliphatic carbocycles. The summed E-state index contributed by atoms with van der Waals surface area (Å²) in [7, 11) is 0.541. The molecule has 2 rings (SSSR count). The highest BCUT2D eigenvalue weighted by Gasteiger charge is 2.16. The Bertz CT molecular complexity index is 582. The number of fused-ring (bicyclic) bond motifs is 1. The SMILES string of the molecule is CC(C[C@@H](C)S(N)=O)c1cc2cnn(C)c2nn1. The van der Waals surface area contributed by atoms with E-state index in [1.165, 1.54) is 0 Å². The molecule has 0 aliphatic rings. The van der Waals surface area contributed by atoms with Gasteiger partial charge in [0, 0.05) is 23.6 Å². The average molecular weight is 267 g/mol. The van der Waals surface area contributed by atoms with E-state index in [1.54, 1.807) is 10.9 Å². The summed E-state index contributed by atoms with van der Waals surface area (Å²) in [5.41, 5.74) is 1.65. The van der Waals surface area contributed by atoms with E-state index in [0.29, 0.717) is 0 Å². The van der Waals surface area contributed by atoms with Gasteiger partial charge >= 0.3 is 0 Å². The first-order valence-corrected chi connectivity index (χ1v) is 7.07. The second-order valence-corrected chi connectivity index (χ2v) is 6.05. The summed E-state index contributed by atoms with van der Waals surface area (Å²) in [6, 6.07) is 1.98. The molecule has 2 heterocycles. The Kier molecular flexibility index (Phi) is 3.72. The Morgan fingerprint density at radius 1 is 1.44 bits per heavy atom. The van der Waals surface area contributed by atoms with E-state index in [9.17, 15) is 4.21 Å². The van der Waals surface area contributed by atoms with Crippen LogP contribution >= 0.6 is 0 Å². The predicted molar refractivity (Wildman–Crippen MR) is 71.1 cm³/mol. The first-order valence-electron chi connectivity index (χ1n) is 5.79. The number of hydrogen-bond donors (Lipinski definition) is 1. The Morgan fingerprint density at radius 2 is 2.17 bits per heavy atom. The molecule has 18 heavy (non-hydrogen) atoms. The van der Waals surface area contributed by atoms with Gasteiger partial charge in [0.25, 0.3) is 0 Å². The van der Waals surface area contributed by atoms with Gasteiger partial charge in [-0.15, -0.1) is 5.10 Å². The van der Waals surface area contributed by atoms with Gasteiger partial charge in [-0.2, -0.15) is 10.2 Å². The van der Waals surface area contributed by atoms with Crippen LogP contribution in [0.5, 0.6) is 0 Å². The number of nitrogens with zero attached hydrogens (tertiary/aromatic N) is 4. The van der Waals surface area contributed by atoms with Crippen LogP contribution in [0.15, 0.2) is 12.3 Å². The van der Waals surface area contributed by atoms with E-state index in [-0.39, 0.29) is 11.2 Å². The van der Waals surface area contributed by atoms with Gasteiger partial charge in [-0.05, 0) is 19.4 Å². The lowest BCUT2D eigenvalue weighted by Gasteiger charge is -2.14. The van der Waals surface area contributed by atoms with Crippen LogP contribution in [-0.2, 0) is 18.0 Å². The first kappa shape index (κ1) is 13.1. The molecule has 0 saturated carbocycles. The summed E-state index contributed by atoms with van der Waals surface area (Å²) in [6.07, 6.45) is 2.49. The van der Waals surface area contributed by atoms with Crippen molar-refractivity contribution in [3.8, 4) is 0 Å². The van der Waals surface area contributed by atoms with Crippen molar-refractivity contribution in [1.82, 2.24) is 20.0 Å². The molecule has 6 nitrogen and oxygen atoms in total. The van der Waals surface area contributed by atoms with Gasteiger partial charge in [0.1, 0.15) is 0 Å². The predicted octanol–water partition coefficient (Wildman–Crippen LogP) is 0.868. The minimum Gasteiger partial charge on any atom is -0.252 e. The van der Waals surface area contributed by atoms with Crippen molar-refractivity contribution >= 4 is 22.0 Å². The normalized spacial score (nSPS) is 16.7. The summed E-state index contributed by atoms with van der Waals surface area (Å²) in [5.74, 6) is 0.171. The molecule has 0 aromatic carbocycles. The lowest BCUT2D eigenvalue weighted by Crippen LogP contribution is -2.20. The maximum absolute atomic E-state index is 11.2. The highest BCUT2D eigenvalue weighted by molar-refractivity contribution is 7.83. The molecule has 2 unspecified atom stereocenters. The summed E-state index contributed by atoms with van der Waals surface area (Å²) in [4.78, 5) is 0. The van der Waals surface area contributed by atoms with Crippen LogP contribution in [0, 0.1) is 0 Å². The van der Waals surface area contributed by atoms with E-state index >= 15 is 0 Å². The van der Waals surface area contributed by atoms with Crippen molar-refractivity contribution in [2.24, 2.45) is 12.2 Å². The fourth-order valence-electron chi connectivity index (χ4n) is 1.92. The molecule has 2 aromatic rings. The molecule has 7 heteroatoms. The molecule has 0 aliphatic heterocycles. The molecule has 2 N–H and O–H groups in total. The number of aromatic nitrogens is 4. The minimum atomic E-state index is -1.29. The first-order chi connectivity index (χ1) is 8.49. The molecule has 0 spiro atoms. The van der Waals surface area contributed by atoms with Crippen LogP contribution < -0.4 is 5.14 Å². The molecule has 0 radical (unpaired) electrons. The Balaban J connectivity index is 2.22. The monoisotopic (exact) mass is 267 g/mol. The Hall–Kier alpha value is -1.34. The van der Waals surface area contributed by atoms with Crippen LogP contribution in [0.1, 0.15) is 31.9 Å². The topological polar surface area (TPSA) is 86.7 Å². The third-order valence-electron chi connectivity index (χ3n) is 3.09. The fraction of sp³-hybridized carbons (Fsp3) is 0.545. The van der Waals surface area contributed by atoms with Crippen molar-refractivity contribution in [1.29, 1.82) is 0 Å². The maximum Gasteiger partial charge on any atom is 0.180 e. The van der Waals surface area contributed by atoms with Crippen molar-refractivity contribution in [3.63, 3.8) is 0 Å². The van der Waals surface area contributed by atoms with Gasteiger partial charge in [-0.3, -0.25) is 5.14 Å². The molecular formula is C11H17N5OS. The van der Waals surface area contributed by atoms with Crippen LogP contribution in [0.3, 0.4) is 0 Å². The van der Waals surface area contributed by atoms with E-state index in [4.69, 9.17) is 5.14 Å². The molecule has 0 bridgehead atoms. The van der Waals surface area contributed by atoms with Crippen molar-refractivity contribution < 1.29 is 4.21 Å². The second kappa shape index (κ2) is 5.11. The number of aryl methyl sites for hydroxylation is 1. The molecule has 0 fully saturated rings. The van der Waals surface area contributed by atoms with Gasteiger partial charge in [0.05, 0.1) is 22.9 Å². The van der Waals surface area contributed by atoms with Crippen molar-refractivity contribution in [3.05, 3.63) is 18.0 Å². The van der Waals surface area contributed by atoms with E-state index in [0.717, 1.165) is 23.1 Å². The van der Waals surface area contributed by atoms with Crippen LogP contribution in [-0.4, -0.2) is 29.4 Å². The van der Waals surface area contributed by atoms with E-state index in [1.807, 2.05) is 27.0 Å². The Labute approximate surface area is 108 Å². The molecule has 2 aromatic heterocycles. The van der Waals surface area contributed by atoms with E-state index < -0.39 is 11.0 Å². The smallest absolute Gasteiger partial charge is 0.180 e. The molecule has 0 saturated heterocycles. The largest absolute Gasteiger partial charge is 0.252 e. The summed E-state index contributed by atoms with van der Waals surface area (Å²) in [6.45, 7) is 3.91. The highest BCUT2D eigenvalue weighted by Crippen LogP contribution is 2.22. The average Bonchev–Trinajstić information content (AvgIpc) is 2.70. The van der Waals surface area contributed by atoms with Gasteiger partial charge in [0.2, 0.25) is 0 Å². The highest BCUT2D eigenvalue weighted by atomic mass is 32.2. The second-order valence-electron chi connectivity index (χ2n) is 4.59. The lowest BCUT2D eigenvalue weighted by molar-refractivity contribution is 0.621. The minimum absolute atomic E-state index is 0.0496. The summed E-state index contributed by atoms with van der Waals surface area (Å²) < 4.78 is 12.9. The lowest BCUT2D eigenvalue weighted by atomic mass is 10.0. The van der Waals surface area contributed by atoms with E-state index in [2.05, 4.69) is 15.3 Å². The van der Waals surface area contributed by atoms with Crippen LogP contribution in [0.2, 0.25) is 0 Å². The summed E-state index contributed by atoms with van der Waals surface area (Å²) in [5, 5.41) is 18.8. The standard InChI is InChI=1S/C11H17N5OS/c1-7(4-8(2)18(12)17)10-5-9-6-13-16(3)11(9)15-14-10/h5-8H,4,12H2,1-3H3/t7?,8-,18?/m1/s1. The van der Waals surface area contributed by atoms with Crippen LogP contribution in [0.25, 0.3) is 11.0 Å². The number of rotatable bonds is 4. The number of nitrogens with two attached hydrogens (primary N) is 1. The Morgan fingerprint density at radius 3 is 2.83 bits per heavy atom. The molecule has 3 atom stereocenters. The van der Waals surface area contributed by atoms with Crippen LogP contribution in [0.4, 0.5) is 0 Å². The molecular weight excluding hydrogens is 250 g/mol. The zero-order chi connectivity index (χ0) is 13.3. The van der Waals surface area contributed by atoms with Crippen molar-refractivity contribution in [2.75, 3.05) is 0 Å². The van der Waals surface area contributed by atoms with Gasteiger partial charge in [0.15, 0.2) is 5.65 Å². The van der Waals surface area contributed by atoms with Gasteiger partial charge < -0.3 is 0 Å². The van der Waals surface area contributed by atoms with Gasteiger partial charge in [-0.25, -0.2) is 8.89 Å². The fourth-order valence-corrected chi connectivity index (χ4v) is 2.40. The third kappa shape index (κ3) is 2.56. The quantitative estimate of drug-likeness (QED) is 0.890. The summed E-state index contributed by atoms with van der Waals surface area (Å²) >= 11 is 0. The third-order valence-corrected chi connectivity index (χ3v) is 4.07.